The highest BCUT2D eigenvalue weighted by atomic mass is 32.1. The second-order valence-electron chi connectivity index (χ2n) is 11.1. The van der Waals surface area contributed by atoms with E-state index >= 15 is 0 Å². The van der Waals surface area contributed by atoms with Crippen molar-refractivity contribution in [3.63, 3.8) is 0 Å². The Labute approximate surface area is 266 Å². The fourth-order valence-electron chi connectivity index (χ4n) is 4.93. The van der Waals surface area contributed by atoms with Gasteiger partial charge in [-0.3, -0.25) is 0 Å². The standard InChI is InChI=1S/C38H44O5S/c1-3-4-5-6-7-8-9-10-11-15-28-41-33-22-18-31(19-23-33)35-26-27-36(44-35)38(40)43-34-24-20-32(21-25-34)37(39)42-29(2)30-16-13-12-14-17-30/h12-14,16-27,29H,3-11,15,28H2,1-2H3/t29-/m1/s1. The molecule has 232 valence electrons. The molecule has 0 aliphatic carbocycles. The van der Waals surface area contributed by atoms with Gasteiger partial charge in [-0.2, -0.15) is 0 Å². The first kappa shape index (κ1) is 33.0. The highest BCUT2D eigenvalue weighted by molar-refractivity contribution is 7.17. The number of unbranched alkanes of at least 4 members (excludes halogenated alkanes) is 9. The molecule has 0 bridgehead atoms. The van der Waals surface area contributed by atoms with Gasteiger partial charge in [-0.15, -0.1) is 11.3 Å². The minimum atomic E-state index is -0.439. The number of hydrogen-bond donors (Lipinski definition) is 0. The smallest absolute Gasteiger partial charge is 0.353 e. The molecule has 4 aromatic rings. The lowest BCUT2D eigenvalue weighted by Gasteiger charge is -2.13. The Morgan fingerprint density at radius 1 is 0.659 bits per heavy atom. The number of benzene rings is 3. The molecule has 0 fully saturated rings. The zero-order valence-corrected chi connectivity index (χ0v) is 26.8. The normalized spacial score (nSPS) is 11.6. The molecule has 0 unspecified atom stereocenters. The summed E-state index contributed by atoms with van der Waals surface area (Å²) in [7, 11) is 0. The van der Waals surface area contributed by atoms with E-state index < -0.39 is 11.9 Å². The summed E-state index contributed by atoms with van der Waals surface area (Å²) < 4.78 is 17.1. The predicted molar refractivity (Wildman–Crippen MR) is 179 cm³/mol. The van der Waals surface area contributed by atoms with Crippen molar-refractivity contribution in [2.75, 3.05) is 6.61 Å². The third-order valence-electron chi connectivity index (χ3n) is 7.57. The SMILES string of the molecule is CCCCCCCCCCCCOc1ccc(-c2ccc(C(=O)Oc3ccc(C(=O)O[C@H](C)c4ccccc4)cc3)s2)cc1. The van der Waals surface area contributed by atoms with Gasteiger partial charge in [0.2, 0.25) is 0 Å². The number of carbonyl (C=O) groups excluding carboxylic acids is 2. The Balaban J connectivity index is 1.17. The number of ether oxygens (including phenoxy) is 3. The van der Waals surface area contributed by atoms with Crippen molar-refractivity contribution in [3.8, 4) is 21.9 Å². The third-order valence-corrected chi connectivity index (χ3v) is 8.68. The van der Waals surface area contributed by atoms with Crippen molar-refractivity contribution < 1.29 is 23.8 Å². The zero-order chi connectivity index (χ0) is 31.0. The Morgan fingerprint density at radius 2 is 1.27 bits per heavy atom. The summed E-state index contributed by atoms with van der Waals surface area (Å²) >= 11 is 1.38. The Morgan fingerprint density at radius 3 is 1.93 bits per heavy atom. The molecule has 1 aromatic heterocycles. The van der Waals surface area contributed by atoms with E-state index in [4.69, 9.17) is 14.2 Å². The van der Waals surface area contributed by atoms with Crippen LogP contribution in [0.2, 0.25) is 0 Å². The fourth-order valence-corrected chi connectivity index (χ4v) is 5.82. The minimum Gasteiger partial charge on any atom is -0.494 e. The van der Waals surface area contributed by atoms with Crippen molar-refractivity contribution in [2.24, 2.45) is 0 Å². The van der Waals surface area contributed by atoms with Crippen LogP contribution in [0.5, 0.6) is 11.5 Å². The lowest BCUT2D eigenvalue weighted by Crippen LogP contribution is -2.10. The molecule has 4 rings (SSSR count). The molecule has 44 heavy (non-hydrogen) atoms. The van der Waals surface area contributed by atoms with Gasteiger partial charge < -0.3 is 14.2 Å². The van der Waals surface area contributed by atoms with Gasteiger partial charge in [-0.25, -0.2) is 9.59 Å². The number of hydrogen-bond acceptors (Lipinski definition) is 6. The summed E-state index contributed by atoms with van der Waals surface area (Å²) in [6, 6.07) is 27.7. The van der Waals surface area contributed by atoms with E-state index in [1.165, 1.54) is 69.1 Å². The summed E-state index contributed by atoms with van der Waals surface area (Å²) in [6.07, 6.45) is 12.7. The minimum absolute atomic E-state index is 0.363. The molecule has 0 spiro atoms. The highest BCUT2D eigenvalue weighted by Crippen LogP contribution is 2.30. The summed E-state index contributed by atoms with van der Waals surface area (Å²) in [5, 5.41) is 0. The second kappa shape index (κ2) is 18.0. The maximum absolute atomic E-state index is 12.8. The van der Waals surface area contributed by atoms with Crippen molar-refractivity contribution in [1.29, 1.82) is 0 Å². The third kappa shape index (κ3) is 10.7. The molecule has 6 heteroatoms. The van der Waals surface area contributed by atoms with Gasteiger partial charge in [-0.05, 0) is 85.1 Å². The molecular weight excluding hydrogens is 568 g/mol. The van der Waals surface area contributed by atoms with Crippen LogP contribution in [-0.2, 0) is 4.74 Å². The lowest BCUT2D eigenvalue weighted by molar-refractivity contribution is 0.0338. The molecule has 0 saturated heterocycles. The molecular formula is C38H44O5S. The van der Waals surface area contributed by atoms with E-state index in [2.05, 4.69) is 6.92 Å². The van der Waals surface area contributed by atoms with Gasteiger partial charge in [0, 0.05) is 4.88 Å². The number of rotatable bonds is 18. The number of carbonyl (C=O) groups is 2. The molecule has 0 N–H and O–H groups in total. The Kier molecular flexibility index (Phi) is 13.5. The maximum Gasteiger partial charge on any atom is 0.353 e. The van der Waals surface area contributed by atoms with Gasteiger partial charge in [0.25, 0.3) is 0 Å². The van der Waals surface area contributed by atoms with Crippen LogP contribution in [-0.4, -0.2) is 18.5 Å². The average molecular weight is 613 g/mol. The fraction of sp³-hybridized carbons (Fsp3) is 0.368. The van der Waals surface area contributed by atoms with Crippen LogP contribution in [0.25, 0.3) is 10.4 Å². The molecule has 5 nitrogen and oxygen atoms in total. The van der Waals surface area contributed by atoms with Crippen LogP contribution < -0.4 is 9.47 Å². The molecule has 0 saturated carbocycles. The largest absolute Gasteiger partial charge is 0.494 e. The Hall–Kier alpha value is -3.90. The number of thiophene rings is 1. The molecule has 0 radical (unpaired) electrons. The summed E-state index contributed by atoms with van der Waals surface area (Å²) in [5.41, 5.74) is 2.33. The van der Waals surface area contributed by atoms with Crippen molar-refractivity contribution in [2.45, 2.75) is 84.2 Å². The van der Waals surface area contributed by atoms with Crippen LogP contribution in [0, 0.1) is 0 Å². The monoisotopic (exact) mass is 612 g/mol. The number of esters is 2. The van der Waals surface area contributed by atoms with Gasteiger partial charge in [-0.1, -0.05) is 95.0 Å². The first-order valence-electron chi connectivity index (χ1n) is 15.9. The maximum atomic E-state index is 12.8. The first-order valence-corrected chi connectivity index (χ1v) is 16.8. The van der Waals surface area contributed by atoms with Crippen molar-refractivity contribution in [3.05, 3.63) is 107 Å². The van der Waals surface area contributed by atoms with Crippen molar-refractivity contribution >= 4 is 23.3 Å². The van der Waals surface area contributed by atoms with E-state index in [0.717, 1.165) is 34.8 Å². The molecule has 1 heterocycles. The van der Waals surface area contributed by atoms with Crippen LogP contribution >= 0.6 is 11.3 Å². The van der Waals surface area contributed by atoms with E-state index in [1.54, 1.807) is 30.3 Å². The summed E-state index contributed by atoms with van der Waals surface area (Å²) in [4.78, 5) is 26.8. The van der Waals surface area contributed by atoms with E-state index in [1.807, 2.05) is 67.6 Å². The predicted octanol–water partition coefficient (Wildman–Crippen LogP) is 10.9. The lowest BCUT2D eigenvalue weighted by atomic mass is 10.1. The van der Waals surface area contributed by atoms with Crippen LogP contribution in [0.4, 0.5) is 0 Å². The highest BCUT2D eigenvalue weighted by Gasteiger charge is 2.16. The van der Waals surface area contributed by atoms with Crippen LogP contribution in [0.15, 0.2) is 91.0 Å². The summed E-state index contributed by atoms with van der Waals surface area (Å²) in [6.45, 7) is 4.83. The van der Waals surface area contributed by atoms with E-state index in [0.29, 0.717) is 16.2 Å². The quantitative estimate of drug-likeness (QED) is 0.0635. The van der Waals surface area contributed by atoms with Crippen LogP contribution in [0.1, 0.15) is 110 Å². The summed E-state index contributed by atoms with van der Waals surface area (Å²) in [5.74, 6) is 0.354. The van der Waals surface area contributed by atoms with E-state index in [-0.39, 0.29) is 6.10 Å². The van der Waals surface area contributed by atoms with Crippen LogP contribution in [0.3, 0.4) is 0 Å². The molecule has 0 amide bonds. The van der Waals surface area contributed by atoms with Gasteiger partial charge >= 0.3 is 11.9 Å². The van der Waals surface area contributed by atoms with E-state index in [9.17, 15) is 9.59 Å². The molecule has 0 aliphatic rings. The topological polar surface area (TPSA) is 61.8 Å². The molecule has 3 aromatic carbocycles. The zero-order valence-electron chi connectivity index (χ0n) is 26.0. The van der Waals surface area contributed by atoms with Gasteiger partial charge in [0.1, 0.15) is 22.5 Å². The molecule has 0 aliphatic heterocycles. The van der Waals surface area contributed by atoms with Gasteiger partial charge in [0.15, 0.2) is 0 Å². The van der Waals surface area contributed by atoms with Crippen molar-refractivity contribution in [1.82, 2.24) is 0 Å². The molecule has 1 atom stereocenters. The first-order chi connectivity index (χ1) is 21.5. The van der Waals surface area contributed by atoms with Gasteiger partial charge in [0.05, 0.1) is 12.2 Å². The second-order valence-corrected chi connectivity index (χ2v) is 12.2. The Bertz CT molecular complexity index is 1410. The average Bonchev–Trinajstić information content (AvgIpc) is 3.55.